The Morgan fingerprint density at radius 3 is 2.42 bits per heavy atom. The first kappa shape index (κ1) is 19.7. The molecule has 0 saturated heterocycles. The highest BCUT2D eigenvalue weighted by atomic mass is 35.5. The second kappa shape index (κ2) is 8.15. The Balaban J connectivity index is 1.99. The van der Waals surface area contributed by atoms with E-state index < -0.39 is 17.7 Å². The number of rotatable bonds is 4. The molecule has 0 amide bonds. The third-order valence-corrected chi connectivity index (χ3v) is 3.59. The molecule has 0 bridgehead atoms. The molecule has 0 fully saturated rings. The van der Waals surface area contributed by atoms with Crippen LogP contribution in [0, 0.1) is 0 Å². The predicted molar refractivity (Wildman–Crippen MR) is 94.2 cm³/mol. The molecular weight excluding hydrogens is 391 g/mol. The van der Waals surface area contributed by atoms with Gasteiger partial charge in [-0.3, -0.25) is 5.43 Å². The molecule has 0 unspecified atom stereocenters. The van der Waals surface area contributed by atoms with Crippen LogP contribution in [0.25, 0.3) is 0 Å². The molecule has 0 aliphatic rings. The SMILES string of the molecule is O=C([O-])c1ccc(/C=N\NC(=S)Nc2cc(C(F)(F)F)ccc2Cl)cc1. The number of alkyl halides is 3. The van der Waals surface area contributed by atoms with Crippen LogP contribution < -0.4 is 15.8 Å². The normalized spacial score (nSPS) is 11.4. The number of anilines is 1. The molecule has 0 aliphatic carbocycles. The van der Waals surface area contributed by atoms with E-state index >= 15 is 0 Å². The monoisotopic (exact) mass is 400 g/mol. The molecule has 136 valence electrons. The summed E-state index contributed by atoms with van der Waals surface area (Å²) in [6.45, 7) is 0. The zero-order valence-electron chi connectivity index (χ0n) is 12.8. The van der Waals surface area contributed by atoms with Crippen molar-refractivity contribution in [2.75, 3.05) is 5.32 Å². The van der Waals surface area contributed by atoms with Gasteiger partial charge in [0.15, 0.2) is 5.11 Å². The van der Waals surface area contributed by atoms with Crippen molar-refractivity contribution >= 4 is 46.8 Å². The first-order valence-corrected chi connectivity index (χ1v) is 7.73. The molecule has 2 N–H and O–H groups in total. The molecular formula is C16H10ClF3N3O2S-. The number of halogens is 4. The lowest BCUT2D eigenvalue weighted by Crippen LogP contribution is -2.24. The van der Waals surface area contributed by atoms with Crippen LogP contribution in [0.5, 0.6) is 0 Å². The average molecular weight is 401 g/mol. The number of hydrogen-bond acceptors (Lipinski definition) is 4. The van der Waals surface area contributed by atoms with Gasteiger partial charge in [0.05, 0.1) is 28.5 Å². The van der Waals surface area contributed by atoms with Crippen LogP contribution in [-0.4, -0.2) is 17.3 Å². The number of aromatic carboxylic acids is 1. The van der Waals surface area contributed by atoms with Crippen LogP contribution in [0.4, 0.5) is 18.9 Å². The number of hydrazone groups is 1. The van der Waals surface area contributed by atoms with Gasteiger partial charge in [0, 0.05) is 0 Å². The highest BCUT2D eigenvalue weighted by Crippen LogP contribution is 2.33. The Morgan fingerprint density at radius 2 is 1.85 bits per heavy atom. The molecule has 0 radical (unpaired) electrons. The number of nitrogens with zero attached hydrogens (tertiary/aromatic N) is 1. The van der Waals surface area contributed by atoms with Gasteiger partial charge in [-0.1, -0.05) is 35.9 Å². The maximum Gasteiger partial charge on any atom is 0.416 e. The molecule has 0 heterocycles. The summed E-state index contributed by atoms with van der Waals surface area (Å²) in [4.78, 5) is 10.6. The summed E-state index contributed by atoms with van der Waals surface area (Å²) in [5.41, 5.74) is 2.12. The van der Waals surface area contributed by atoms with Gasteiger partial charge >= 0.3 is 6.18 Å². The largest absolute Gasteiger partial charge is 0.545 e. The van der Waals surface area contributed by atoms with Crippen LogP contribution >= 0.6 is 23.8 Å². The van der Waals surface area contributed by atoms with E-state index in [-0.39, 0.29) is 21.4 Å². The second-order valence-electron chi connectivity index (χ2n) is 4.93. The summed E-state index contributed by atoms with van der Waals surface area (Å²) in [6, 6.07) is 8.48. The first-order chi connectivity index (χ1) is 12.2. The molecule has 10 heteroatoms. The maximum atomic E-state index is 12.7. The Morgan fingerprint density at radius 1 is 1.19 bits per heavy atom. The van der Waals surface area contributed by atoms with E-state index in [1.54, 1.807) is 0 Å². The number of carbonyl (C=O) groups is 1. The van der Waals surface area contributed by atoms with Crippen molar-refractivity contribution in [3.8, 4) is 0 Å². The molecule has 26 heavy (non-hydrogen) atoms. The number of hydrogen-bond donors (Lipinski definition) is 2. The van der Waals surface area contributed by atoms with Crippen molar-refractivity contribution in [1.29, 1.82) is 0 Å². The van der Waals surface area contributed by atoms with Crippen LogP contribution in [0.1, 0.15) is 21.5 Å². The van der Waals surface area contributed by atoms with Gasteiger partial charge in [-0.05, 0) is 41.5 Å². The summed E-state index contributed by atoms with van der Waals surface area (Å²) in [5, 5.41) is 17.0. The predicted octanol–water partition coefficient (Wildman–Crippen LogP) is 3.04. The quantitative estimate of drug-likeness (QED) is 0.468. The molecule has 2 rings (SSSR count). The van der Waals surface area contributed by atoms with E-state index in [9.17, 15) is 23.1 Å². The third kappa shape index (κ3) is 5.43. The van der Waals surface area contributed by atoms with Gasteiger partial charge in [0.25, 0.3) is 0 Å². The summed E-state index contributed by atoms with van der Waals surface area (Å²) in [7, 11) is 0. The van der Waals surface area contributed by atoms with Crippen molar-refractivity contribution in [3.05, 3.63) is 64.2 Å². The highest BCUT2D eigenvalue weighted by Gasteiger charge is 2.31. The van der Waals surface area contributed by atoms with E-state index in [4.69, 9.17) is 23.8 Å². The molecule has 0 saturated carbocycles. The molecule has 2 aromatic rings. The van der Waals surface area contributed by atoms with Gasteiger partial charge in [-0.25, -0.2) is 0 Å². The molecule has 0 aliphatic heterocycles. The fraction of sp³-hybridized carbons (Fsp3) is 0.0625. The number of thiocarbonyl (C=S) groups is 1. The minimum atomic E-state index is -4.51. The van der Waals surface area contributed by atoms with E-state index in [1.165, 1.54) is 30.5 Å². The molecule has 5 nitrogen and oxygen atoms in total. The van der Waals surface area contributed by atoms with Crippen molar-refractivity contribution in [1.82, 2.24) is 5.43 Å². The summed E-state index contributed by atoms with van der Waals surface area (Å²) >= 11 is 10.8. The van der Waals surface area contributed by atoms with Crippen molar-refractivity contribution < 1.29 is 23.1 Å². The fourth-order valence-corrected chi connectivity index (χ4v) is 2.15. The standard InChI is InChI=1S/C16H11ClF3N3O2S/c17-12-6-5-11(16(18,19)20)7-13(12)22-15(26)23-21-8-9-1-3-10(4-2-9)14(24)25/h1-8H,(H,24,25)(H2,22,23,26)/p-1/b21-8-. The average Bonchev–Trinajstić information content (AvgIpc) is 2.56. The van der Waals surface area contributed by atoms with Crippen LogP contribution in [0.3, 0.4) is 0 Å². The molecule has 0 atom stereocenters. The van der Waals surface area contributed by atoms with Gasteiger partial charge in [-0.15, -0.1) is 0 Å². The zero-order valence-corrected chi connectivity index (χ0v) is 14.4. The zero-order chi connectivity index (χ0) is 19.3. The minimum absolute atomic E-state index is 0.0199. The lowest BCUT2D eigenvalue weighted by molar-refractivity contribution is -0.255. The number of nitrogens with one attached hydrogen (secondary N) is 2. The lowest BCUT2D eigenvalue weighted by atomic mass is 10.1. The topological polar surface area (TPSA) is 76.5 Å². The van der Waals surface area contributed by atoms with Crippen LogP contribution in [-0.2, 0) is 6.18 Å². The lowest BCUT2D eigenvalue weighted by Gasteiger charge is -2.12. The van der Waals surface area contributed by atoms with Crippen LogP contribution in [0.2, 0.25) is 5.02 Å². The first-order valence-electron chi connectivity index (χ1n) is 6.95. The summed E-state index contributed by atoms with van der Waals surface area (Å²) < 4.78 is 38.2. The maximum absolute atomic E-state index is 12.7. The Labute approximate surface area is 156 Å². The number of benzene rings is 2. The van der Waals surface area contributed by atoms with E-state index in [0.29, 0.717) is 5.56 Å². The molecule has 0 aromatic heterocycles. The molecule has 2 aromatic carbocycles. The van der Waals surface area contributed by atoms with Crippen LogP contribution in [0.15, 0.2) is 47.6 Å². The second-order valence-corrected chi connectivity index (χ2v) is 5.74. The fourth-order valence-electron chi connectivity index (χ4n) is 1.82. The Kier molecular flexibility index (Phi) is 6.17. The highest BCUT2D eigenvalue weighted by molar-refractivity contribution is 7.80. The van der Waals surface area contributed by atoms with Gasteiger partial charge in [0.1, 0.15) is 0 Å². The minimum Gasteiger partial charge on any atom is -0.545 e. The van der Waals surface area contributed by atoms with Gasteiger partial charge in [0.2, 0.25) is 0 Å². The number of carboxylic acids is 1. The van der Waals surface area contributed by atoms with E-state index in [0.717, 1.165) is 18.2 Å². The van der Waals surface area contributed by atoms with Crippen molar-refractivity contribution in [3.63, 3.8) is 0 Å². The smallest absolute Gasteiger partial charge is 0.416 e. The number of carbonyl (C=O) groups excluding carboxylic acids is 1. The summed E-state index contributed by atoms with van der Waals surface area (Å²) in [6.07, 6.45) is -3.16. The molecule has 0 spiro atoms. The Hall–Kier alpha value is -2.65. The van der Waals surface area contributed by atoms with E-state index in [1.807, 2.05) is 0 Å². The summed E-state index contributed by atoms with van der Waals surface area (Å²) in [5.74, 6) is -1.30. The Bertz CT molecular complexity index is 855. The van der Waals surface area contributed by atoms with Crippen molar-refractivity contribution in [2.24, 2.45) is 5.10 Å². The van der Waals surface area contributed by atoms with Crippen molar-refractivity contribution in [2.45, 2.75) is 6.18 Å². The number of carboxylic acid groups (broad SMARTS) is 1. The van der Waals surface area contributed by atoms with Gasteiger partial charge < -0.3 is 15.2 Å². The third-order valence-electron chi connectivity index (χ3n) is 3.07. The van der Waals surface area contributed by atoms with E-state index in [2.05, 4.69) is 15.8 Å². The van der Waals surface area contributed by atoms with Gasteiger partial charge in [-0.2, -0.15) is 18.3 Å².